The van der Waals surface area contributed by atoms with Gasteiger partial charge in [-0.1, -0.05) is 25.7 Å². The van der Waals surface area contributed by atoms with Crippen molar-refractivity contribution in [3.05, 3.63) is 24.2 Å². The number of carbonyl (C=O) groups is 1. The second-order valence-electron chi connectivity index (χ2n) is 5.70. The predicted octanol–water partition coefficient (Wildman–Crippen LogP) is 3.25. The van der Waals surface area contributed by atoms with Gasteiger partial charge in [0.25, 0.3) is 0 Å². The fourth-order valence-electron chi connectivity index (χ4n) is 3.03. The maximum atomic E-state index is 11.5. The molecule has 1 fully saturated rings. The molecular formula is C15H23NO2. The summed E-state index contributed by atoms with van der Waals surface area (Å²) in [5, 5.41) is 0. The lowest BCUT2D eigenvalue weighted by molar-refractivity contribution is -0.118. The molecule has 100 valence electrons. The van der Waals surface area contributed by atoms with Gasteiger partial charge in [-0.3, -0.25) is 0 Å². The predicted molar refractivity (Wildman–Crippen MR) is 71.2 cm³/mol. The molecule has 1 aromatic heterocycles. The topological polar surface area (TPSA) is 33.5 Å². The van der Waals surface area contributed by atoms with Gasteiger partial charge in [-0.05, 0) is 26.0 Å². The van der Waals surface area contributed by atoms with Crippen molar-refractivity contribution in [3.8, 4) is 0 Å². The summed E-state index contributed by atoms with van der Waals surface area (Å²) in [6.07, 6.45) is 11.7. The number of aldehydes is 1. The summed E-state index contributed by atoms with van der Waals surface area (Å²) in [7, 11) is 2.09. The van der Waals surface area contributed by atoms with E-state index >= 15 is 0 Å². The van der Waals surface area contributed by atoms with E-state index < -0.39 is 0 Å². The van der Waals surface area contributed by atoms with Gasteiger partial charge >= 0.3 is 0 Å². The lowest BCUT2D eigenvalue weighted by atomic mass is 9.81. The summed E-state index contributed by atoms with van der Waals surface area (Å²) in [5.74, 6) is 0. The highest BCUT2D eigenvalue weighted by Crippen LogP contribution is 2.34. The summed E-state index contributed by atoms with van der Waals surface area (Å²) >= 11 is 0. The normalized spacial score (nSPS) is 19.7. The molecule has 18 heavy (non-hydrogen) atoms. The molecule has 1 aliphatic rings. The van der Waals surface area contributed by atoms with Gasteiger partial charge in [0, 0.05) is 24.1 Å². The minimum absolute atomic E-state index is 0.116. The Kier molecular flexibility index (Phi) is 4.59. The molecular weight excluding hydrogens is 226 g/mol. The van der Waals surface area contributed by atoms with Crippen LogP contribution in [0.5, 0.6) is 0 Å². The fourth-order valence-corrected chi connectivity index (χ4v) is 3.03. The van der Waals surface area contributed by atoms with Gasteiger partial charge in [-0.25, -0.2) is 0 Å². The van der Waals surface area contributed by atoms with Crippen LogP contribution in [0.2, 0.25) is 0 Å². The third kappa shape index (κ3) is 3.45. The molecule has 0 unspecified atom stereocenters. The first-order chi connectivity index (χ1) is 8.74. The zero-order valence-electron chi connectivity index (χ0n) is 11.2. The second-order valence-corrected chi connectivity index (χ2v) is 5.70. The average Bonchev–Trinajstić information content (AvgIpc) is 2.74. The Morgan fingerprint density at radius 1 is 1.33 bits per heavy atom. The molecule has 0 saturated heterocycles. The number of hydrogen-bond acceptors (Lipinski definition) is 3. The van der Waals surface area contributed by atoms with Crippen LogP contribution in [0.25, 0.3) is 0 Å². The first kappa shape index (κ1) is 13.3. The number of nitrogens with zero attached hydrogens (tertiary/aromatic N) is 1. The van der Waals surface area contributed by atoms with Crippen molar-refractivity contribution in [1.29, 1.82) is 0 Å². The van der Waals surface area contributed by atoms with Crippen LogP contribution in [0.4, 0.5) is 0 Å². The minimum Gasteiger partial charge on any atom is -0.472 e. The highest BCUT2D eigenvalue weighted by molar-refractivity contribution is 5.59. The van der Waals surface area contributed by atoms with Crippen LogP contribution < -0.4 is 0 Å². The van der Waals surface area contributed by atoms with Gasteiger partial charge in [0.2, 0.25) is 0 Å². The van der Waals surface area contributed by atoms with Gasteiger partial charge in [0.15, 0.2) is 0 Å². The minimum atomic E-state index is -0.116. The van der Waals surface area contributed by atoms with Crippen molar-refractivity contribution in [2.24, 2.45) is 5.41 Å². The molecule has 3 heteroatoms. The van der Waals surface area contributed by atoms with E-state index in [-0.39, 0.29) is 5.41 Å². The van der Waals surface area contributed by atoms with Crippen LogP contribution in [-0.4, -0.2) is 24.8 Å². The second kappa shape index (κ2) is 6.19. The SMILES string of the molecule is CN(Cc1ccoc1)CC1(C=O)CCCCCC1. The zero-order valence-corrected chi connectivity index (χ0v) is 11.2. The quantitative estimate of drug-likeness (QED) is 0.593. The maximum Gasteiger partial charge on any atom is 0.127 e. The van der Waals surface area contributed by atoms with E-state index in [2.05, 4.69) is 11.9 Å². The van der Waals surface area contributed by atoms with Crippen LogP contribution in [-0.2, 0) is 11.3 Å². The summed E-state index contributed by atoms with van der Waals surface area (Å²) in [6, 6.07) is 1.98. The van der Waals surface area contributed by atoms with E-state index in [0.717, 1.165) is 25.9 Å². The number of carbonyl (C=O) groups excluding carboxylic acids is 1. The molecule has 0 amide bonds. The van der Waals surface area contributed by atoms with Gasteiger partial charge in [-0.15, -0.1) is 0 Å². The smallest absolute Gasteiger partial charge is 0.127 e. The lowest BCUT2D eigenvalue weighted by Crippen LogP contribution is -2.36. The van der Waals surface area contributed by atoms with Crippen LogP contribution in [0.15, 0.2) is 23.0 Å². The fraction of sp³-hybridized carbons (Fsp3) is 0.667. The van der Waals surface area contributed by atoms with E-state index in [4.69, 9.17) is 4.42 Å². The Morgan fingerprint density at radius 2 is 2.06 bits per heavy atom. The van der Waals surface area contributed by atoms with Gasteiger partial charge in [0.05, 0.1) is 12.5 Å². The van der Waals surface area contributed by atoms with Crippen LogP contribution in [0, 0.1) is 5.41 Å². The lowest BCUT2D eigenvalue weighted by Gasteiger charge is -2.31. The number of furan rings is 1. The van der Waals surface area contributed by atoms with Crippen molar-refractivity contribution in [1.82, 2.24) is 4.90 Å². The van der Waals surface area contributed by atoms with E-state index in [1.54, 1.807) is 12.5 Å². The van der Waals surface area contributed by atoms with Crippen molar-refractivity contribution < 1.29 is 9.21 Å². The molecule has 1 saturated carbocycles. The van der Waals surface area contributed by atoms with Gasteiger partial charge in [-0.2, -0.15) is 0 Å². The monoisotopic (exact) mass is 249 g/mol. The summed E-state index contributed by atoms with van der Waals surface area (Å²) in [4.78, 5) is 13.8. The van der Waals surface area contributed by atoms with Gasteiger partial charge < -0.3 is 14.1 Å². The molecule has 3 nitrogen and oxygen atoms in total. The van der Waals surface area contributed by atoms with E-state index in [1.165, 1.54) is 37.5 Å². The van der Waals surface area contributed by atoms with Crippen molar-refractivity contribution >= 4 is 6.29 Å². The zero-order chi connectivity index (χ0) is 12.8. The van der Waals surface area contributed by atoms with Crippen molar-refractivity contribution in [2.45, 2.75) is 45.1 Å². The molecule has 0 aromatic carbocycles. The first-order valence-corrected chi connectivity index (χ1v) is 6.90. The molecule has 0 aliphatic heterocycles. The molecule has 1 aromatic rings. The summed E-state index contributed by atoms with van der Waals surface area (Å²) < 4.78 is 5.08. The van der Waals surface area contributed by atoms with Gasteiger partial charge in [0.1, 0.15) is 6.29 Å². The Morgan fingerprint density at radius 3 is 2.61 bits per heavy atom. The third-order valence-corrected chi connectivity index (χ3v) is 3.97. The van der Waals surface area contributed by atoms with E-state index in [1.807, 2.05) is 6.07 Å². The molecule has 0 bridgehead atoms. The largest absolute Gasteiger partial charge is 0.472 e. The molecule has 0 atom stereocenters. The highest BCUT2D eigenvalue weighted by Gasteiger charge is 2.31. The van der Waals surface area contributed by atoms with Crippen LogP contribution >= 0.6 is 0 Å². The Bertz CT molecular complexity index is 351. The van der Waals surface area contributed by atoms with E-state index in [9.17, 15) is 4.79 Å². The van der Waals surface area contributed by atoms with Crippen molar-refractivity contribution in [2.75, 3.05) is 13.6 Å². The molecule has 0 radical (unpaired) electrons. The molecule has 0 N–H and O–H groups in total. The standard InChI is InChI=1S/C15H23NO2/c1-16(10-14-6-9-18-11-14)12-15(13-17)7-4-2-3-5-8-15/h6,9,11,13H,2-5,7-8,10,12H2,1H3. The Hall–Kier alpha value is -1.09. The van der Waals surface area contributed by atoms with Crippen LogP contribution in [0.1, 0.15) is 44.1 Å². The van der Waals surface area contributed by atoms with Crippen molar-refractivity contribution in [3.63, 3.8) is 0 Å². The van der Waals surface area contributed by atoms with Crippen LogP contribution in [0.3, 0.4) is 0 Å². The summed E-state index contributed by atoms with van der Waals surface area (Å²) in [5.41, 5.74) is 1.06. The Labute approximate surface area is 109 Å². The number of hydrogen-bond donors (Lipinski definition) is 0. The summed E-state index contributed by atoms with van der Waals surface area (Å²) in [6.45, 7) is 1.72. The molecule has 0 spiro atoms. The highest BCUT2D eigenvalue weighted by atomic mass is 16.3. The third-order valence-electron chi connectivity index (χ3n) is 3.97. The Balaban J connectivity index is 1.94. The first-order valence-electron chi connectivity index (χ1n) is 6.90. The van der Waals surface area contributed by atoms with E-state index in [0.29, 0.717) is 0 Å². The molecule has 1 aliphatic carbocycles. The maximum absolute atomic E-state index is 11.5. The molecule has 2 rings (SSSR count). The average molecular weight is 249 g/mol. The number of rotatable bonds is 5. The molecule has 1 heterocycles.